The van der Waals surface area contributed by atoms with Gasteiger partial charge in [0.05, 0.1) is 0 Å². The highest BCUT2D eigenvalue weighted by Gasteiger charge is 2.24. The highest BCUT2D eigenvalue weighted by molar-refractivity contribution is 9.10. The van der Waals surface area contributed by atoms with Crippen LogP contribution >= 0.6 is 15.9 Å². The number of amides is 1. The summed E-state index contributed by atoms with van der Waals surface area (Å²) in [7, 11) is 0. The number of benzene rings is 1. The number of carbonyl (C=O) groups excluding carboxylic acids is 1. The Morgan fingerprint density at radius 3 is 2.57 bits per heavy atom. The monoisotopic (exact) mass is 354 g/mol. The molecular weight excluding hydrogens is 332 g/mol. The molecule has 0 saturated carbocycles. The van der Waals surface area contributed by atoms with Crippen molar-refractivity contribution in [1.82, 2.24) is 4.90 Å². The second kappa shape index (κ2) is 7.27. The molecule has 1 aliphatic heterocycles. The summed E-state index contributed by atoms with van der Waals surface area (Å²) in [4.78, 5) is 14.3. The molecule has 0 radical (unpaired) electrons. The molecule has 116 valence electrons. The quantitative estimate of drug-likeness (QED) is 0.902. The van der Waals surface area contributed by atoms with E-state index in [0.29, 0.717) is 5.75 Å². The van der Waals surface area contributed by atoms with E-state index in [4.69, 9.17) is 10.5 Å². The molecule has 1 heterocycles. The molecule has 0 aliphatic carbocycles. The van der Waals surface area contributed by atoms with Crippen molar-refractivity contribution in [1.29, 1.82) is 0 Å². The zero-order chi connectivity index (χ0) is 15.4. The Morgan fingerprint density at radius 1 is 1.29 bits per heavy atom. The molecule has 5 heteroatoms. The van der Waals surface area contributed by atoms with Crippen molar-refractivity contribution < 1.29 is 9.53 Å². The normalized spacial score (nSPS) is 18.2. The van der Waals surface area contributed by atoms with E-state index in [-0.39, 0.29) is 11.9 Å². The Kier molecular flexibility index (Phi) is 5.65. The van der Waals surface area contributed by atoms with Crippen LogP contribution in [0.3, 0.4) is 0 Å². The number of nitrogens with zero attached hydrogens (tertiary/aromatic N) is 1. The lowest BCUT2D eigenvalue weighted by Gasteiger charge is -2.29. The highest BCUT2D eigenvalue weighted by atomic mass is 79.9. The van der Waals surface area contributed by atoms with Crippen molar-refractivity contribution in [2.45, 2.75) is 45.3 Å². The van der Waals surface area contributed by atoms with Gasteiger partial charge in [0.2, 0.25) is 0 Å². The maximum Gasteiger partial charge on any atom is 0.263 e. The maximum atomic E-state index is 12.4. The minimum Gasteiger partial charge on any atom is -0.481 e. The summed E-state index contributed by atoms with van der Waals surface area (Å²) in [5.74, 6) is 0.738. The van der Waals surface area contributed by atoms with Crippen LogP contribution in [-0.4, -0.2) is 30.0 Å². The lowest BCUT2D eigenvalue weighted by Crippen LogP contribution is -2.43. The lowest BCUT2D eigenvalue weighted by atomic mass is 10.1. The molecule has 0 spiro atoms. The summed E-state index contributed by atoms with van der Waals surface area (Å²) in [6.45, 7) is 5.40. The predicted molar refractivity (Wildman–Crippen MR) is 87.3 cm³/mol. The summed E-state index contributed by atoms with van der Waals surface area (Å²) in [5.41, 5.74) is 6.88. The summed E-state index contributed by atoms with van der Waals surface area (Å²) >= 11 is 3.43. The maximum absolute atomic E-state index is 12.4. The van der Waals surface area contributed by atoms with Gasteiger partial charge in [-0.3, -0.25) is 4.79 Å². The topological polar surface area (TPSA) is 55.6 Å². The number of likely N-dealkylation sites (tertiary alicyclic amines) is 1. The molecule has 1 fully saturated rings. The van der Waals surface area contributed by atoms with Gasteiger partial charge in [-0.1, -0.05) is 22.0 Å². The predicted octanol–water partition coefficient (Wildman–Crippen LogP) is 3.25. The van der Waals surface area contributed by atoms with Gasteiger partial charge in [-0.15, -0.1) is 0 Å². The van der Waals surface area contributed by atoms with E-state index < -0.39 is 6.10 Å². The van der Waals surface area contributed by atoms with E-state index in [0.717, 1.165) is 36.0 Å². The minimum atomic E-state index is -0.491. The van der Waals surface area contributed by atoms with Crippen molar-refractivity contribution in [3.8, 4) is 5.75 Å². The second-order valence-corrected chi connectivity index (χ2v) is 6.53. The molecule has 1 aromatic rings. The molecule has 4 nitrogen and oxygen atoms in total. The molecule has 0 bridgehead atoms. The Bertz CT molecular complexity index is 499. The molecule has 1 amide bonds. The fourth-order valence-corrected chi connectivity index (χ4v) is 2.94. The van der Waals surface area contributed by atoms with Crippen molar-refractivity contribution in [2.75, 3.05) is 13.1 Å². The first-order valence-electron chi connectivity index (χ1n) is 7.49. The number of piperidine rings is 1. The zero-order valence-corrected chi connectivity index (χ0v) is 14.2. The van der Waals surface area contributed by atoms with Gasteiger partial charge in [0.15, 0.2) is 6.10 Å². The lowest BCUT2D eigenvalue weighted by molar-refractivity contribution is -0.138. The fraction of sp³-hybridized carbons (Fsp3) is 0.562. The Labute approximate surface area is 134 Å². The largest absolute Gasteiger partial charge is 0.481 e. The smallest absolute Gasteiger partial charge is 0.263 e. The second-order valence-electron chi connectivity index (χ2n) is 5.62. The third-order valence-corrected chi connectivity index (χ3v) is 4.28. The van der Waals surface area contributed by atoms with Crippen LogP contribution in [0.2, 0.25) is 0 Å². The van der Waals surface area contributed by atoms with Gasteiger partial charge in [0, 0.05) is 29.2 Å². The van der Waals surface area contributed by atoms with E-state index in [2.05, 4.69) is 15.9 Å². The van der Waals surface area contributed by atoms with E-state index >= 15 is 0 Å². The molecule has 1 aromatic carbocycles. The number of hydrogen-bond acceptors (Lipinski definition) is 3. The molecule has 2 rings (SSSR count). The molecule has 1 unspecified atom stereocenters. The fourth-order valence-electron chi connectivity index (χ4n) is 2.60. The minimum absolute atomic E-state index is 0.0605. The summed E-state index contributed by atoms with van der Waals surface area (Å²) < 4.78 is 6.82. The van der Waals surface area contributed by atoms with Gasteiger partial charge >= 0.3 is 0 Å². The molecular formula is C16H23BrN2O2. The summed E-state index contributed by atoms with van der Waals surface area (Å²) in [5, 5.41) is 0. The number of rotatable bonds is 4. The molecule has 2 atom stereocenters. The van der Waals surface area contributed by atoms with Gasteiger partial charge in [-0.2, -0.15) is 0 Å². The zero-order valence-electron chi connectivity index (χ0n) is 12.6. The van der Waals surface area contributed by atoms with Crippen LogP contribution in [0.1, 0.15) is 44.7 Å². The Hall–Kier alpha value is -1.07. The molecule has 1 aliphatic rings. The highest BCUT2D eigenvalue weighted by Crippen LogP contribution is 2.28. The first-order valence-corrected chi connectivity index (χ1v) is 8.29. The molecule has 0 aromatic heterocycles. The van der Waals surface area contributed by atoms with Crippen molar-refractivity contribution in [3.05, 3.63) is 28.2 Å². The first kappa shape index (κ1) is 16.3. The van der Waals surface area contributed by atoms with Crippen LogP contribution in [0.5, 0.6) is 5.75 Å². The molecule has 1 saturated heterocycles. The van der Waals surface area contributed by atoms with Gasteiger partial charge in [-0.05, 0) is 45.2 Å². The number of hydrogen-bond donors (Lipinski definition) is 1. The van der Waals surface area contributed by atoms with Crippen LogP contribution in [0.25, 0.3) is 0 Å². The average Bonchev–Trinajstić information content (AvgIpc) is 2.47. The average molecular weight is 355 g/mol. The third-order valence-electron chi connectivity index (χ3n) is 3.79. The Morgan fingerprint density at radius 2 is 1.95 bits per heavy atom. The van der Waals surface area contributed by atoms with Crippen LogP contribution < -0.4 is 10.5 Å². The summed E-state index contributed by atoms with van der Waals surface area (Å²) in [6.07, 6.45) is 2.88. The van der Waals surface area contributed by atoms with E-state index in [1.54, 1.807) is 0 Å². The van der Waals surface area contributed by atoms with Crippen LogP contribution in [0.4, 0.5) is 0 Å². The van der Waals surface area contributed by atoms with Gasteiger partial charge in [0.1, 0.15) is 5.75 Å². The number of halogens is 1. The molecule has 21 heavy (non-hydrogen) atoms. The van der Waals surface area contributed by atoms with Crippen molar-refractivity contribution in [3.63, 3.8) is 0 Å². The van der Waals surface area contributed by atoms with Gasteiger partial charge in [-0.25, -0.2) is 0 Å². The van der Waals surface area contributed by atoms with Crippen molar-refractivity contribution in [2.24, 2.45) is 5.73 Å². The standard InChI is InChI=1S/C16H23BrN2O2/c1-11(18)14-7-6-13(17)10-15(14)21-12(2)16(20)19-8-4-3-5-9-19/h6-7,10-12H,3-5,8-9,18H2,1-2H3/t11-,12?/m0/s1. The van der Waals surface area contributed by atoms with Crippen molar-refractivity contribution >= 4 is 21.8 Å². The van der Waals surface area contributed by atoms with E-state index in [9.17, 15) is 4.79 Å². The SMILES string of the molecule is CC(Oc1cc(Br)ccc1[C@H](C)N)C(=O)N1CCCCC1. The van der Waals surface area contributed by atoms with Crippen LogP contribution in [0, 0.1) is 0 Å². The van der Waals surface area contributed by atoms with Gasteiger partial charge in [0.25, 0.3) is 5.91 Å². The van der Waals surface area contributed by atoms with Crippen LogP contribution in [0.15, 0.2) is 22.7 Å². The van der Waals surface area contributed by atoms with E-state index in [1.807, 2.05) is 36.9 Å². The number of ether oxygens (including phenoxy) is 1. The summed E-state index contributed by atoms with van der Waals surface area (Å²) in [6, 6.07) is 5.61. The number of nitrogens with two attached hydrogens (primary N) is 1. The first-order chi connectivity index (χ1) is 9.99. The van der Waals surface area contributed by atoms with Gasteiger partial charge < -0.3 is 15.4 Å². The Balaban J connectivity index is 2.09. The van der Waals surface area contributed by atoms with E-state index in [1.165, 1.54) is 6.42 Å². The molecule has 2 N–H and O–H groups in total. The third kappa shape index (κ3) is 4.20. The number of carbonyl (C=O) groups is 1. The van der Waals surface area contributed by atoms with Crippen LogP contribution in [-0.2, 0) is 4.79 Å².